The van der Waals surface area contributed by atoms with Crippen LogP contribution in [-0.4, -0.2) is 34.8 Å². The lowest BCUT2D eigenvalue weighted by atomic mass is 9.95. The first-order chi connectivity index (χ1) is 13.6. The molecule has 1 fully saturated rings. The fraction of sp³-hybridized carbons (Fsp3) is 0.250. The summed E-state index contributed by atoms with van der Waals surface area (Å²) in [5.74, 6) is -0.692. The van der Waals surface area contributed by atoms with Gasteiger partial charge in [-0.05, 0) is 48.6 Å². The molecule has 1 N–H and O–H groups in total. The maximum atomic E-state index is 13.0. The number of piperidine rings is 1. The summed E-state index contributed by atoms with van der Waals surface area (Å²) in [6.45, 7) is 1.01. The van der Waals surface area contributed by atoms with Gasteiger partial charge in [-0.25, -0.2) is 9.37 Å². The van der Waals surface area contributed by atoms with Gasteiger partial charge < -0.3 is 10.2 Å². The summed E-state index contributed by atoms with van der Waals surface area (Å²) in [5.41, 5.74) is 1.34. The van der Waals surface area contributed by atoms with E-state index in [1.165, 1.54) is 35.6 Å². The Morgan fingerprint density at radius 3 is 2.54 bits per heavy atom. The Labute approximate surface area is 169 Å². The van der Waals surface area contributed by atoms with Gasteiger partial charge in [0.25, 0.3) is 5.91 Å². The first-order valence-electron chi connectivity index (χ1n) is 8.95. The Bertz CT molecular complexity index is 962. The minimum Gasteiger partial charge on any atom is -0.339 e. The molecule has 28 heavy (non-hydrogen) atoms. The Morgan fingerprint density at radius 1 is 1.11 bits per heavy atom. The molecule has 3 aromatic rings. The Hall–Kier alpha value is -2.58. The van der Waals surface area contributed by atoms with Crippen molar-refractivity contribution in [3.8, 4) is 10.6 Å². The summed E-state index contributed by atoms with van der Waals surface area (Å²) in [7, 11) is 0. The molecule has 0 saturated carbocycles. The third kappa shape index (κ3) is 4.13. The zero-order valence-corrected chi connectivity index (χ0v) is 16.6. The van der Waals surface area contributed by atoms with Gasteiger partial charge in [0.1, 0.15) is 5.82 Å². The number of nitrogens with zero attached hydrogens (tertiary/aromatic N) is 2. The number of amides is 2. The van der Waals surface area contributed by atoms with E-state index >= 15 is 0 Å². The molecule has 0 aliphatic carbocycles. The van der Waals surface area contributed by atoms with Crippen LogP contribution in [0.4, 0.5) is 9.52 Å². The van der Waals surface area contributed by atoms with Gasteiger partial charge in [0.2, 0.25) is 5.91 Å². The van der Waals surface area contributed by atoms with E-state index in [0.717, 1.165) is 10.6 Å². The Morgan fingerprint density at radius 2 is 1.86 bits per heavy atom. The highest BCUT2D eigenvalue weighted by atomic mass is 32.1. The Kier molecular flexibility index (Phi) is 5.50. The number of aromatic nitrogens is 1. The first-order valence-corrected chi connectivity index (χ1v) is 10.7. The van der Waals surface area contributed by atoms with Crippen molar-refractivity contribution < 1.29 is 14.0 Å². The van der Waals surface area contributed by atoms with Crippen molar-refractivity contribution in [3.05, 3.63) is 58.5 Å². The number of thiazole rings is 1. The van der Waals surface area contributed by atoms with E-state index in [0.29, 0.717) is 36.6 Å². The number of benzene rings is 1. The molecule has 1 saturated heterocycles. The number of carbonyl (C=O) groups excluding carboxylic acids is 2. The molecule has 0 unspecified atom stereocenters. The summed E-state index contributed by atoms with van der Waals surface area (Å²) in [4.78, 5) is 32.3. The van der Waals surface area contributed by atoms with Crippen LogP contribution in [0.5, 0.6) is 0 Å². The van der Waals surface area contributed by atoms with Gasteiger partial charge in [-0.1, -0.05) is 6.07 Å². The van der Waals surface area contributed by atoms with E-state index in [-0.39, 0.29) is 23.5 Å². The standard InChI is InChI=1S/C20H18FN3O2S2/c21-15-5-3-14(4-6-15)19(26)24-9-7-13(8-10-24)18(25)23-20-22-16(12-28-20)17-2-1-11-27-17/h1-6,11-13H,7-10H2,(H,22,23,25). The van der Waals surface area contributed by atoms with Gasteiger partial charge in [-0.15, -0.1) is 22.7 Å². The van der Waals surface area contributed by atoms with Gasteiger partial charge in [0, 0.05) is 30.0 Å². The average Bonchev–Trinajstić information content (AvgIpc) is 3.40. The van der Waals surface area contributed by atoms with Gasteiger partial charge in [-0.3, -0.25) is 9.59 Å². The number of hydrogen-bond acceptors (Lipinski definition) is 5. The zero-order valence-electron chi connectivity index (χ0n) is 14.9. The number of carbonyl (C=O) groups is 2. The minimum absolute atomic E-state index is 0.0547. The fourth-order valence-corrected chi connectivity index (χ4v) is 4.67. The first kappa shape index (κ1) is 18.8. The van der Waals surface area contributed by atoms with E-state index in [1.54, 1.807) is 16.2 Å². The van der Waals surface area contributed by atoms with Gasteiger partial charge in [-0.2, -0.15) is 0 Å². The van der Waals surface area contributed by atoms with Crippen molar-refractivity contribution in [1.82, 2.24) is 9.88 Å². The molecule has 0 radical (unpaired) electrons. The topological polar surface area (TPSA) is 62.3 Å². The quantitative estimate of drug-likeness (QED) is 0.682. The fourth-order valence-electron chi connectivity index (χ4n) is 3.20. The van der Waals surface area contributed by atoms with Crippen LogP contribution in [0.25, 0.3) is 10.6 Å². The normalized spacial score (nSPS) is 14.8. The van der Waals surface area contributed by atoms with Crippen molar-refractivity contribution in [2.45, 2.75) is 12.8 Å². The molecule has 2 amide bonds. The monoisotopic (exact) mass is 415 g/mol. The molecule has 2 aromatic heterocycles. The molecule has 8 heteroatoms. The van der Waals surface area contributed by atoms with Crippen LogP contribution in [0.3, 0.4) is 0 Å². The molecular weight excluding hydrogens is 397 g/mol. The summed E-state index contributed by atoms with van der Waals surface area (Å²) in [6.07, 6.45) is 1.20. The lowest BCUT2D eigenvalue weighted by molar-refractivity contribution is -0.121. The second-order valence-electron chi connectivity index (χ2n) is 6.58. The summed E-state index contributed by atoms with van der Waals surface area (Å²) >= 11 is 3.02. The smallest absolute Gasteiger partial charge is 0.253 e. The van der Waals surface area contributed by atoms with E-state index in [9.17, 15) is 14.0 Å². The molecule has 3 heterocycles. The summed E-state index contributed by atoms with van der Waals surface area (Å²) in [6, 6.07) is 9.52. The molecule has 1 aliphatic rings. The van der Waals surface area contributed by atoms with Crippen molar-refractivity contribution in [3.63, 3.8) is 0 Å². The van der Waals surface area contributed by atoms with Crippen molar-refractivity contribution >= 4 is 39.6 Å². The highest BCUT2D eigenvalue weighted by Gasteiger charge is 2.28. The number of likely N-dealkylation sites (tertiary alicyclic amines) is 1. The molecule has 0 spiro atoms. The molecule has 4 rings (SSSR count). The molecule has 0 bridgehead atoms. The molecular formula is C20H18FN3O2S2. The number of thiophene rings is 1. The van der Waals surface area contributed by atoms with Crippen LogP contribution >= 0.6 is 22.7 Å². The van der Waals surface area contributed by atoms with Crippen LogP contribution in [0.1, 0.15) is 23.2 Å². The number of nitrogens with one attached hydrogen (secondary N) is 1. The molecule has 5 nitrogen and oxygen atoms in total. The van der Waals surface area contributed by atoms with E-state index in [1.807, 2.05) is 22.9 Å². The molecule has 144 valence electrons. The van der Waals surface area contributed by atoms with Crippen LogP contribution in [0.2, 0.25) is 0 Å². The number of halogens is 1. The van der Waals surface area contributed by atoms with E-state index in [2.05, 4.69) is 10.3 Å². The summed E-state index contributed by atoms with van der Waals surface area (Å²) < 4.78 is 13.0. The highest BCUT2D eigenvalue weighted by Crippen LogP contribution is 2.29. The average molecular weight is 416 g/mol. The highest BCUT2D eigenvalue weighted by molar-refractivity contribution is 7.16. The number of anilines is 1. The minimum atomic E-state index is -0.364. The maximum Gasteiger partial charge on any atom is 0.253 e. The lowest BCUT2D eigenvalue weighted by Gasteiger charge is -2.31. The van der Waals surface area contributed by atoms with Gasteiger partial charge in [0.15, 0.2) is 5.13 Å². The third-order valence-electron chi connectivity index (χ3n) is 4.75. The van der Waals surface area contributed by atoms with Crippen molar-refractivity contribution in [2.24, 2.45) is 5.92 Å². The van der Waals surface area contributed by atoms with Crippen LogP contribution in [0.15, 0.2) is 47.2 Å². The summed E-state index contributed by atoms with van der Waals surface area (Å²) in [5, 5.41) is 7.43. The van der Waals surface area contributed by atoms with Gasteiger partial charge in [0.05, 0.1) is 10.6 Å². The second-order valence-corrected chi connectivity index (χ2v) is 8.38. The molecule has 0 atom stereocenters. The predicted molar refractivity (Wildman–Crippen MR) is 109 cm³/mol. The number of hydrogen-bond donors (Lipinski definition) is 1. The van der Waals surface area contributed by atoms with E-state index < -0.39 is 0 Å². The van der Waals surface area contributed by atoms with Gasteiger partial charge >= 0.3 is 0 Å². The van der Waals surface area contributed by atoms with Crippen LogP contribution < -0.4 is 5.32 Å². The maximum absolute atomic E-state index is 13.0. The van der Waals surface area contributed by atoms with Crippen LogP contribution in [0, 0.1) is 11.7 Å². The second kappa shape index (κ2) is 8.20. The van der Waals surface area contributed by atoms with Crippen molar-refractivity contribution in [1.29, 1.82) is 0 Å². The van der Waals surface area contributed by atoms with E-state index in [4.69, 9.17) is 0 Å². The lowest BCUT2D eigenvalue weighted by Crippen LogP contribution is -2.41. The molecule has 1 aliphatic heterocycles. The van der Waals surface area contributed by atoms with Crippen molar-refractivity contribution in [2.75, 3.05) is 18.4 Å². The Balaban J connectivity index is 1.31. The third-order valence-corrected chi connectivity index (χ3v) is 6.40. The largest absolute Gasteiger partial charge is 0.339 e. The van der Waals surface area contributed by atoms with Crippen LogP contribution in [-0.2, 0) is 4.79 Å². The number of rotatable bonds is 4. The zero-order chi connectivity index (χ0) is 19.5. The molecule has 1 aromatic carbocycles. The predicted octanol–water partition coefficient (Wildman–Crippen LogP) is 4.50. The SMILES string of the molecule is O=C(Nc1nc(-c2cccs2)cs1)C1CCN(C(=O)c2ccc(F)cc2)CC1.